The minimum Gasteiger partial charge on any atom is -0.329 e. The highest BCUT2D eigenvalue weighted by Crippen LogP contribution is 2.08. The van der Waals surface area contributed by atoms with Gasteiger partial charge in [-0.25, -0.2) is 0 Å². The molecule has 1 aromatic carbocycles. The van der Waals surface area contributed by atoms with Crippen LogP contribution in [0.1, 0.15) is 11.1 Å². The standard InChI is InChI=1S/C11H14N2/c1-9-2-4-10(5-3-9)6-11(7-12)8-13/h2-5,11H,6-7,12H2,1H3. The molecule has 0 saturated heterocycles. The summed E-state index contributed by atoms with van der Waals surface area (Å²) in [7, 11) is 0. The van der Waals surface area contributed by atoms with Crippen molar-refractivity contribution >= 4 is 0 Å². The molecule has 1 atom stereocenters. The Morgan fingerprint density at radius 1 is 1.38 bits per heavy atom. The largest absolute Gasteiger partial charge is 0.329 e. The van der Waals surface area contributed by atoms with Crippen molar-refractivity contribution < 1.29 is 0 Å². The van der Waals surface area contributed by atoms with Crippen LogP contribution in [0.25, 0.3) is 0 Å². The van der Waals surface area contributed by atoms with Gasteiger partial charge >= 0.3 is 0 Å². The van der Waals surface area contributed by atoms with Gasteiger partial charge in [0.1, 0.15) is 0 Å². The van der Waals surface area contributed by atoms with Crippen molar-refractivity contribution in [3.63, 3.8) is 0 Å². The molecule has 0 aliphatic heterocycles. The lowest BCUT2D eigenvalue weighted by Crippen LogP contribution is -2.14. The van der Waals surface area contributed by atoms with Crippen LogP contribution in [0.15, 0.2) is 24.3 Å². The number of aryl methyl sites for hydroxylation is 1. The molecule has 0 radical (unpaired) electrons. The van der Waals surface area contributed by atoms with Crippen molar-refractivity contribution in [2.75, 3.05) is 6.54 Å². The molecule has 13 heavy (non-hydrogen) atoms. The van der Waals surface area contributed by atoms with Crippen LogP contribution >= 0.6 is 0 Å². The highest BCUT2D eigenvalue weighted by atomic mass is 14.5. The summed E-state index contributed by atoms with van der Waals surface area (Å²) in [5.74, 6) is -0.0530. The zero-order chi connectivity index (χ0) is 9.68. The molecule has 0 heterocycles. The molecule has 1 unspecified atom stereocenters. The molecule has 0 bridgehead atoms. The third-order valence-electron chi connectivity index (χ3n) is 2.07. The Morgan fingerprint density at radius 2 is 2.00 bits per heavy atom. The predicted octanol–water partition coefficient (Wildman–Crippen LogP) is 1.64. The van der Waals surface area contributed by atoms with E-state index in [1.54, 1.807) is 0 Å². The lowest BCUT2D eigenvalue weighted by molar-refractivity contribution is 0.673. The van der Waals surface area contributed by atoms with Gasteiger partial charge in [-0.15, -0.1) is 0 Å². The summed E-state index contributed by atoms with van der Waals surface area (Å²) in [5.41, 5.74) is 7.86. The Hall–Kier alpha value is -1.33. The zero-order valence-corrected chi connectivity index (χ0v) is 7.83. The van der Waals surface area contributed by atoms with Crippen LogP contribution in [0.4, 0.5) is 0 Å². The topological polar surface area (TPSA) is 49.8 Å². The second-order valence-electron chi connectivity index (χ2n) is 3.25. The summed E-state index contributed by atoms with van der Waals surface area (Å²) in [6, 6.07) is 10.4. The van der Waals surface area contributed by atoms with E-state index in [2.05, 4.69) is 37.3 Å². The van der Waals surface area contributed by atoms with E-state index in [0.29, 0.717) is 6.54 Å². The van der Waals surface area contributed by atoms with Gasteiger partial charge in [0.2, 0.25) is 0 Å². The van der Waals surface area contributed by atoms with Gasteiger partial charge in [0, 0.05) is 6.54 Å². The summed E-state index contributed by atoms with van der Waals surface area (Å²) in [6.07, 6.45) is 0.757. The van der Waals surface area contributed by atoms with Gasteiger partial charge < -0.3 is 5.73 Å². The van der Waals surface area contributed by atoms with Crippen LogP contribution in [0.2, 0.25) is 0 Å². The number of hydrogen-bond acceptors (Lipinski definition) is 2. The quantitative estimate of drug-likeness (QED) is 0.757. The number of benzene rings is 1. The fourth-order valence-electron chi connectivity index (χ4n) is 1.19. The van der Waals surface area contributed by atoms with Crippen LogP contribution in [0.5, 0.6) is 0 Å². The number of nitriles is 1. The fraction of sp³-hybridized carbons (Fsp3) is 0.364. The molecule has 0 amide bonds. The van der Waals surface area contributed by atoms with Crippen LogP contribution in [-0.4, -0.2) is 6.54 Å². The summed E-state index contributed by atoms with van der Waals surface area (Å²) < 4.78 is 0. The monoisotopic (exact) mass is 174 g/mol. The molecule has 1 rings (SSSR count). The highest BCUT2D eigenvalue weighted by molar-refractivity contribution is 5.22. The first-order valence-corrected chi connectivity index (χ1v) is 4.41. The number of nitrogens with two attached hydrogens (primary N) is 1. The summed E-state index contributed by atoms with van der Waals surface area (Å²) in [6.45, 7) is 2.48. The third kappa shape index (κ3) is 2.89. The average Bonchev–Trinajstić information content (AvgIpc) is 2.17. The molecule has 2 heteroatoms. The third-order valence-corrected chi connectivity index (χ3v) is 2.07. The van der Waals surface area contributed by atoms with Crippen molar-refractivity contribution in [1.82, 2.24) is 0 Å². The molecule has 2 N–H and O–H groups in total. The molecular formula is C11H14N2. The van der Waals surface area contributed by atoms with E-state index < -0.39 is 0 Å². The summed E-state index contributed by atoms with van der Waals surface area (Å²) >= 11 is 0. The maximum atomic E-state index is 8.71. The Balaban J connectivity index is 2.64. The zero-order valence-electron chi connectivity index (χ0n) is 7.83. The molecule has 0 aromatic heterocycles. The first kappa shape index (κ1) is 9.76. The van der Waals surface area contributed by atoms with Crippen LogP contribution in [0, 0.1) is 24.2 Å². The maximum Gasteiger partial charge on any atom is 0.0672 e. The molecule has 0 spiro atoms. The summed E-state index contributed by atoms with van der Waals surface area (Å²) in [5, 5.41) is 8.71. The first-order valence-electron chi connectivity index (χ1n) is 4.41. The number of rotatable bonds is 3. The van der Waals surface area contributed by atoms with Crippen LogP contribution in [0.3, 0.4) is 0 Å². The predicted molar refractivity (Wildman–Crippen MR) is 53.0 cm³/mol. The van der Waals surface area contributed by atoms with Gasteiger partial charge in [-0.2, -0.15) is 5.26 Å². The van der Waals surface area contributed by atoms with E-state index in [0.717, 1.165) is 6.42 Å². The first-order chi connectivity index (χ1) is 6.26. The molecular weight excluding hydrogens is 160 g/mol. The minimum atomic E-state index is -0.0530. The van der Waals surface area contributed by atoms with E-state index in [1.165, 1.54) is 11.1 Å². The Morgan fingerprint density at radius 3 is 2.46 bits per heavy atom. The Labute approximate surface area is 79.0 Å². The van der Waals surface area contributed by atoms with E-state index in [1.807, 2.05) is 0 Å². The van der Waals surface area contributed by atoms with Crippen molar-refractivity contribution in [1.29, 1.82) is 5.26 Å². The van der Waals surface area contributed by atoms with Gasteiger partial charge in [-0.1, -0.05) is 29.8 Å². The van der Waals surface area contributed by atoms with E-state index >= 15 is 0 Å². The van der Waals surface area contributed by atoms with E-state index in [9.17, 15) is 0 Å². The molecule has 0 aliphatic carbocycles. The minimum absolute atomic E-state index is 0.0530. The Bertz CT molecular complexity index is 295. The van der Waals surface area contributed by atoms with Crippen molar-refractivity contribution in [3.8, 4) is 6.07 Å². The maximum absolute atomic E-state index is 8.71. The van der Waals surface area contributed by atoms with Gasteiger partial charge in [-0.3, -0.25) is 0 Å². The highest BCUT2D eigenvalue weighted by Gasteiger charge is 2.04. The molecule has 0 saturated carbocycles. The smallest absolute Gasteiger partial charge is 0.0672 e. The van der Waals surface area contributed by atoms with Crippen molar-refractivity contribution in [2.45, 2.75) is 13.3 Å². The lowest BCUT2D eigenvalue weighted by Gasteiger charge is -2.05. The van der Waals surface area contributed by atoms with Crippen LogP contribution < -0.4 is 5.73 Å². The van der Waals surface area contributed by atoms with Crippen LogP contribution in [-0.2, 0) is 6.42 Å². The van der Waals surface area contributed by atoms with Crippen molar-refractivity contribution in [2.24, 2.45) is 11.7 Å². The Kier molecular flexibility index (Phi) is 3.48. The molecule has 0 aliphatic rings. The van der Waals surface area contributed by atoms with E-state index in [4.69, 9.17) is 11.0 Å². The normalized spacial score (nSPS) is 12.1. The van der Waals surface area contributed by atoms with Gasteiger partial charge in [0.25, 0.3) is 0 Å². The number of hydrogen-bond donors (Lipinski definition) is 1. The molecule has 1 aromatic rings. The molecule has 0 fully saturated rings. The lowest BCUT2D eigenvalue weighted by atomic mass is 10.0. The molecule has 2 nitrogen and oxygen atoms in total. The van der Waals surface area contributed by atoms with Gasteiger partial charge in [-0.05, 0) is 18.9 Å². The van der Waals surface area contributed by atoms with Gasteiger partial charge in [0.15, 0.2) is 0 Å². The average molecular weight is 174 g/mol. The second-order valence-corrected chi connectivity index (χ2v) is 3.25. The van der Waals surface area contributed by atoms with Gasteiger partial charge in [0.05, 0.1) is 12.0 Å². The van der Waals surface area contributed by atoms with E-state index in [-0.39, 0.29) is 5.92 Å². The van der Waals surface area contributed by atoms with Crippen molar-refractivity contribution in [3.05, 3.63) is 35.4 Å². The molecule has 68 valence electrons. The summed E-state index contributed by atoms with van der Waals surface area (Å²) in [4.78, 5) is 0. The second kappa shape index (κ2) is 4.64. The SMILES string of the molecule is Cc1ccc(CC(C#N)CN)cc1. The number of nitrogens with zero attached hydrogens (tertiary/aromatic N) is 1. The fourth-order valence-corrected chi connectivity index (χ4v) is 1.19.